The molecule has 2 saturated heterocycles. The minimum absolute atomic E-state index is 0.0396. The van der Waals surface area contributed by atoms with Crippen LogP contribution in [-0.4, -0.2) is 80.8 Å². The summed E-state index contributed by atoms with van der Waals surface area (Å²) in [5.41, 5.74) is 4.48. The van der Waals surface area contributed by atoms with Crippen molar-refractivity contribution in [2.75, 3.05) is 27.3 Å². The van der Waals surface area contributed by atoms with Crippen molar-refractivity contribution in [1.82, 2.24) is 29.7 Å². The highest BCUT2D eigenvalue weighted by Crippen LogP contribution is 2.38. The minimum atomic E-state index is -0.501. The quantitative estimate of drug-likeness (QED) is 0.179. The molecule has 4 heterocycles. The van der Waals surface area contributed by atoms with Crippen LogP contribution in [0.15, 0.2) is 36.4 Å². The summed E-state index contributed by atoms with van der Waals surface area (Å²) in [6, 6.07) is 11.3. The predicted molar refractivity (Wildman–Crippen MR) is 191 cm³/mol. The molecular weight excluding hydrogens is 648 g/mol. The fraction of sp³-hybridized carbons (Fsp3) is 0.487. The van der Waals surface area contributed by atoms with Gasteiger partial charge in [-0.05, 0) is 67.5 Å². The van der Waals surface area contributed by atoms with Gasteiger partial charge >= 0.3 is 11.9 Å². The number of ether oxygens (including phenoxy) is 2. The fourth-order valence-corrected chi connectivity index (χ4v) is 7.22. The predicted octanol–water partition coefficient (Wildman–Crippen LogP) is 5.59. The molecule has 12 heteroatoms. The van der Waals surface area contributed by atoms with E-state index in [1.165, 1.54) is 14.2 Å². The third-order valence-electron chi connectivity index (χ3n) is 10.1. The molecule has 0 unspecified atom stereocenters. The highest BCUT2D eigenvalue weighted by atomic mass is 16.5. The first-order valence-corrected chi connectivity index (χ1v) is 17.6. The number of rotatable bonds is 8. The number of benzene rings is 2. The molecule has 0 spiro atoms. The SMILES string of the molecule is COC(=O)C[C@@H](C)C(=O)N1CCC[C@H]1c1nc2ccc(C#Cc3ccc4nc([C@@H]5CCCN5C(=O)[C@@H](CC(=O)OC)C(C)(C)C)[nH]c4c3)cc2[nH]1. The highest BCUT2D eigenvalue weighted by Gasteiger charge is 2.41. The molecule has 2 aliphatic heterocycles. The van der Waals surface area contributed by atoms with Gasteiger partial charge in [-0.3, -0.25) is 19.2 Å². The minimum Gasteiger partial charge on any atom is -0.469 e. The lowest BCUT2D eigenvalue weighted by molar-refractivity contribution is -0.150. The van der Waals surface area contributed by atoms with Crippen molar-refractivity contribution in [3.05, 3.63) is 59.2 Å². The van der Waals surface area contributed by atoms with E-state index in [1.807, 2.05) is 67.0 Å². The molecule has 2 aromatic carbocycles. The molecule has 0 radical (unpaired) electrons. The topological polar surface area (TPSA) is 151 Å². The summed E-state index contributed by atoms with van der Waals surface area (Å²) >= 11 is 0. The first-order chi connectivity index (χ1) is 24.4. The molecule has 2 aliphatic rings. The number of hydrogen-bond donors (Lipinski definition) is 2. The fourth-order valence-electron chi connectivity index (χ4n) is 7.22. The average Bonchev–Trinajstić information content (AvgIpc) is 3.93. The monoisotopic (exact) mass is 694 g/mol. The van der Waals surface area contributed by atoms with E-state index in [2.05, 4.69) is 21.8 Å². The van der Waals surface area contributed by atoms with E-state index in [0.717, 1.165) is 70.5 Å². The Labute approximate surface area is 297 Å². The largest absolute Gasteiger partial charge is 0.469 e. The molecule has 12 nitrogen and oxygen atoms in total. The zero-order chi connectivity index (χ0) is 36.4. The molecule has 2 fully saturated rings. The number of carbonyl (C=O) groups is 4. The van der Waals surface area contributed by atoms with Crippen molar-refractivity contribution in [3.8, 4) is 11.8 Å². The number of imidazole rings is 2. The average molecular weight is 695 g/mol. The van der Waals surface area contributed by atoms with Crippen molar-refractivity contribution >= 4 is 45.8 Å². The Morgan fingerprint density at radius 1 is 0.784 bits per heavy atom. The number of aromatic nitrogens is 4. The normalized spacial score (nSPS) is 18.8. The molecule has 6 rings (SSSR count). The van der Waals surface area contributed by atoms with Gasteiger partial charge in [0.2, 0.25) is 11.8 Å². The van der Waals surface area contributed by atoms with Crippen LogP contribution in [0.3, 0.4) is 0 Å². The molecule has 4 atom stereocenters. The number of esters is 2. The number of carbonyl (C=O) groups excluding carboxylic acids is 4. The second-order valence-corrected chi connectivity index (χ2v) is 14.7. The summed E-state index contributed by atoms with van der Waals surface area (Å²) in [6.07, 6.45) is 3.39. The first kappa shape index (κ1) is 35.6. The Kier molecular flexibility index (Phi) is 10.2. The van der Waals surface area contributed by atoms with Gasteiger partial charge in [0.25, 0.3) is 0 Å². The number of amides is 2. The number of H-pyrrole nitrogens is 2. The molecule has 2 amide bonds. The van der Waals surface area contributed by atoms with E-state index in [0.29, 0.717) is 13.1 Å². The number of aromatic amines is 2. The van der Waals surface area contributed by atoms with Crippen LogP contribution in [0.1, 0.15) is 101 Å². The molecule has 51 heavy (non-hydrogen) atoms. The van der Waals surface area contributed by atoms with E-state index in [9.17, 15) is 19.2 Å². The Balaban J connectivity index is 1.17. The van der Waals surface area contributed by atoms with E-state index >= 15 is 0 Å². The van der Waals surface area contributed by atoms with Crippen molar-refractivity contribution in [3.63, 3.8) is 0 Å². The van der Waals surface area contributed by atoms with Gasteiger partial charge in [-0.2, -0.15) is 0 Å². The molecule has 2 N–H and O–H groups in total. The Bertz CT molecular complexity index is 2030. The van der Waals surface area contributed by atoms with Crippen molar-refractivity contribution < 1.29 is 28.7 Å². The number of nitrogens with one attached hydrogen (secondary N) is 2. The maximum absolute atomic E-state index is 13.8. The van der Waals surface area contributed by atoms with E-state index in [-0.39, 0.29) is 42.7 Å². The first-order valence-electron chi connectivity index (χ1n) is 17.6. The van der Waals surface area contributed by atoms with Crippen LogP contribution in [0.25, 0.3) is 22.1 Å². The van der Waals surface area contributed by atoms with Gasteiger partial charge in [0.15, 0.2) is 0 Å². The number of hydrogen-bond acceptors (Lipinski definition) is 8. The van der Waals surface area contributed by atoms with E-state index in [1.54, 1.807) is 6.92 Å². The molecule has 0 bridgehead atoms. The van der Waals surface area contributed by atoms with Crippen molar-refractivity contribution in [2.24, 2.45) is 17.3 Å². The van der Waals surface area contributed by atoms with Crippen molar-refractivity contribution in [2.45, 2.75) is 78.3 Å². The third-order valence-corrected chi connectivity index (χ3v) is 10.1. The highest BCUT2D eigenvalue weighted by molar-refractivity contribution is 5.86. The zero-order valence-electron chi connectivity index (χ0n) is 30.2. The van der Waals surface area contributed by atoms with E-state index in [4.69, 9.17) is 19.4 Å². The Hall–Kier alpha value is -5.18. The second-order valence-electron chi connectivity index (χ2n) is 14.7. The molecule has 0 saturated carbocycles. The van der Waals surface area contributed by atoms with Gasteiger partial charge in [-0.25, -0.2) is 9.97 Å². The molecule has 4 aromatic rings. The van der Waals surface area contributed by atoms with Crippen molar-refractivity contribution in [1.29, 1.82) is 0 Å². The standard InChI is InChI=1S/C39H46N6O6/c1-23(19-33(46)50-5)37(48)44-17-7-9-31(44)35-40-27-15-13-24(20-29(27)42-35)11-12-25-14-16-28-30(21-25)43-36(41-28)32-10-8-18-45(32)38(49)26(39(2,3)4)22-34(47)51-6/h13-16,20-21,23,26,31-32H,7-10,17-19,22H2,1-6H3,(H,40,42)(H,41,43)/t23-,26-,31+,32+/m1/s1. The van der Waals surface area contributed by atoms with E-state index < -0.39 is 23.2 Å². The summed E-state index contributed by atoms with van der Waals surface area (Å²) in [4.78, 5) is 71.1. The summed E-state index contributed by atoms with van der Waals surface area (Å²) in [6.45, 7) is 8.92. The number of nitrogens with zero attached hydrogens (tertiary/aromatic N) is 4. The Morgan fingerprint density at radius 3 is 1.73 bits per heavy atom. The summed E-state index contributed by atoms with van der Waals surface area (Å²) in [5, 5.41) is 0. The number of likely N-dealkylation sites (tertiary alicyclic amines) is 2. The lowest BCUT2D eigenvalue weighted by atomic mass is 9.77. The summed E-state index contributed by atoms with van der Waals surface area (Å²) < 4.78 is 9.65. The third kappa shape index (κ3) is 7.62. The summed E-state index contributed by atoms with van der Waals surface area (Å²) in [5.74, 6) is 6.10. The smallest absolute Gasteiger partial charge is 0.306 e. The van der Waals surface area contributed by atoms with Gasteiger partial charge < -0.3 is 29.2 Å². The van der Waals surface area contributed by atoms with Gasteiger partial charge in [0, 0.05) is 30.1 Å². The maximum atomic E-state index is 13.8. The van der Waals surface area contributed by atoms with Crippen LogP contribution in [0.5, 0.6) is 0 Å². The van der Waals surface area contributed by atoms with Gasteiger partial charge in [-0.1, -0.05) is 39.5 Å². The van der Waals surface area contributed by atoms with Crippen LogP contribution >= 0.6 is 0 Å². The lowest BCUT2D eigenvalue weighted by Gasteiger charge is -2.34. The van der Waals surface area contributed by atoms with Crippen LogP contribution < -0.4 is 0 Å². The molecule has 2 aromatic heterocycles. The number of fused-ring (bicyclic) bond motifs is 2. The maximum Gasteiger partial charge on any atom is 0.306 e. The van der Waals surface area contributed by atoms with Crippen LogP contribution in [0, 0.1) is 29.1 Å². The van der Waals surface area contributed by atoms with Gasteiger partial charge in [0.05, 0.1) is 67.1 Å². The number of methoxy groups -OCH3 is 2. The van der Waals surface area contributed by atoms with Crippen LogP contribution in [0.2, 0.25) is 0 Å². The van der Waals surface area contributed by atoms with Crippen LogP contribution in [0.4, 0.5) is 0 Å². The molecule has 268 valence electrons. The molecular formula is C39H46N6O6. The lowest BCUT2D eigenvalue weighted by Crippen LogP contribution is -2.42. The summed E-state index contributed by atoms with van der Waals surface area (Å²) in [7, 11) is 2.68. The second kappa shape index (κ2) is 14.6. The van der Waals surface area contributed by atoms with Crippen LogP contribution in [-0.2, 0) is 28.7 Å². The van der Waals surface area contributed by atoms with Gasteiger partial charge in [0.1, 0.15) is 11.6 Å². The Morgan fingerprint density at radius 2 is 1.25 bits per heavy atom. The molecule has 0 aliphatic carbocycles. The van der Waals surface area contributed by atoms with Gasteiger partial charge in [-0.15, -0.1) is 0 Å². The zero-order valence-corrected chi connectivity index (χ0v) is 30.2.